The quantitative estimate of drug-likeness (QED) is 0.867. The monoisotopic (exact) mass is 349 g/mol. The van der Waals surface area contributed by atoms with E-state index in [0.717, 1.165) is 17.0 Å². The molecule has 1 fully saturated rings. The molecule has 3 amide bonds. The van der Waals surface area contributed by atoms with Crippen LogP contribution in [0.25, 0.3) is 0 Å². The van der Waals surface area contributed by atoms with Crippen molar-refractivity contribution in [2.24, 2.45) is 0 Å². The van der Waals surface area contributed by atoms with Crippen LogP contribution in [0.1, 0.15) is 23.7 Å². The molecule has 1 N–H and O–H groups in total. The summed E-state index contributed by atoms with van der Waals surface area (Å²) in [5, 5.41) is 2.60. The van der Waals surface area contributed by atoms with Gasteiger partial charge in [-0.05, 0) is 36.8 Å². The Kier molecular flexibility index (Phi) is 3.98. The molecule has 1 aromatic carbocycles. The van der Waals surface area contributed by atoms with Crippen molar-refractivity contribution < 1.29 is 22.8 Å². The lowest BCUT2D eigenvalue weighted by molar-refractivity contribution is -0.137. The molecule has 3 rings (SSSR count). The van der Waals surface area contributed by atoms with Crippen LogP contribution in [-0.2, 0) is 23.1 Å². The number of hydrogen-bond donors (Lipinski definition) is 1. The van der Waals surface area contributed by atoms with E-state index >= 15 is 0 Å². The SMILES string of the molecule is CC1(c2ccccn2)NC(=O)N(Cc2ccc(C(F)(F)F)cc2)C1=O. The number of halogens is 3. The van der Waals surface area contributed by atoms with Crippen molar-refractivity contribution in [3.05, 3.63) is 65.5 Å². The predicted molar refractivity (Wildman–Crippen MR) is 82.1 cm³/mol. The third-order valence-electron chi connectivity index (χ3n) is 4.07. The van der Waals surface area contributed by atoms with Gasteiger partial charge in [-0.2, -0.15) is 13.2 Å². The maximum atomic E-state index is 12.7. The van der Waals surface area contributed by atoms with Crippen LogP contribution in [0.2, 0.25) is 0 Å². The van der Waals surface area contributed by atoms with Crippen LogP contribution in [0, 0.1) is 0 Å². The highest BCUT2D eigenvalue weighted by atomic mass is 19.4. The summed E-state index contributed by atoms with van der Waals surface area (Å²) in [6, 6.07) is 8.74. The summed E-state index contributed by atoms with van der Waals surface area (Å²) in [6.07, 6.45) is -2.92. The molecule has 1 aliphatic heterocycles. The number of hydrogen-bond acceptors (Lipinski definition) is 3. The largest absolute Gasteiger partial charge is 0.416 e. The van der Waals surface area contributed by atoms with Crippen LogP contribution in [0.4, 0.5) is 18.0 Å². The fraction of sp³-hybridized carbons (Fsp3) is 0.235. The van der Waals surface area contributed by atoms with Crippen molar-refractivity contribution in [1.29, 1.82) is 0 Å². The number of rotatable bonds is 3. The maximum absolute atomic E-state index is 12.7. The topological polar surface area (TPSA) is 62.3 Å². The van der Waals surface area contributed by atoms with Crippen LogP contribution in [0.15, 0.2) is 48.7 Å². The number of alkyl halides is 3. The Labute approximate surface area is 141 Å². The molecule has 0 bridgehead atoms. The van der Waals surface area contributed by atoms with Crippen LogP contribution in [0.3, 0.4) is 0 Å². The molecule has 5 nitrogen and oxygen atoms in total. The molecule has 2 heterocycles. The lowest BCUT2D eigenvalue weighted by Gasteiger charge is -2.21. The first kappa shape index (κ1) is 16.9. The van der Waals surface area contributed by atoms with E-state index in [1.165, 1.54) is 18.3 Å². The second-order valence-electron chi connectivity index (χ2n) is 5.86. The van der Waals surface area contributed by atoms with E-state index in [4.69, 9.17) is 0 Å². The summed E-state index contributed by atoms with van der Waals surface area (Å²) in [7, 11) is 0. The van der Waals surface area contributed by atoms with Gasteiger partial charge in [0.15, 0.2) is 5.54 Å². The minimum Gasteiger partial charge on any atom is -0.318 e. The smallest absolute Gasteiger partial charge is 0.318 e. The molecule has 1 aliphatic rings. The number of pyridine rings is 1. The van der Waals surface area contributed by atoms with E-state index in [2.05, 4.69) is 10.3 Å². The zero-order valence-corrected chi connectivity index (χ0v) is 13.2. The van der Waals surface area contributed by atoms with Crippen LogP contribution in [-0.4, -0.2) is 21.8 Å². The first-order valence-electron chi connectivity index (χ1n) is 7.43. The molecule has 0 aliphatic carbocycles. The van der Waals surface area contributed by atoms with E-state index in [0.29, 0.717) is 11.3 Å². The van der Waals surface area contributed by atoms with Gasteiger partial charge in [-0.25, -0.2) is 4.79 Å². The van der Waals surface area contributed by atoms with Gasteiger partial charge in [-0.1, -0.05) is 18.2 Å². The summed E-state index contributed by atoms with van der Waals surface area (Å²) >= 11 is 0. The summed E-state index contributed by atoms with van der Waals surface area (Å²) in [5.74, 6) is -0.504. The zero-order valence-electron chi connectivity index (χ0n) is 13.2. The summed E-state index contributed by atoms with van der Waals surface area (Å²) in [4.78, 5) is 30.0. The number of imide groups is 1. The number of benzene rings is 1. The van der Waals surface area contributed by atoms with Gasteiger partial charge in [0.1, 0.15) is 0 Å². The molecule has 0 spiro atoms. The normalized spacial score (nSPS) is 20.7. The highest BCUT2D eigenvalue weighted by Gasteiger charge is 2.49. The molecule has 1 saturated heterocycles. The fourth-order valence-electron chi connectivity index (χ4n) is 2.65. The Morgan fingerprint density at radius 3 is 2.36 bits per heavy atom. The molecule has 130 valence electrons. The number of nitrogens with one attached hydrogen (secondary N) is 1. The van der Waals surface area contributed by atoms with Gasteiger partial charge in [0.05, 0.1) is 17.8 Å². The number of nitrogens with zero attached hydrogens (tertiary/aromatic N) is 2. The second-order valence-corrected chi connectivity index (χ2v) is 5.86. The zero-order chi connectivity index (χ0) is 18.2. The van der Waals surface area contributed by atoms with E-state index in [-0.39, 0.29) is 6.54 Å². The summed E-state index contributed by atoms with van der Waals surface area (Å²) in [6.45, 7) is 1.42. The molecular weight excluding hydrogens is 335 g/mol. The van der Waals surface area contributed by atoms with E-state index in [9.17, 15) is 22.8 Å². The highest BCUT2D eigenvalue weighted by molar-refractivity contribution is 6.06. The average Bonchev–Trinajstić information content (AvgIpc) is 2.80. The molecule has 2 aromatic rings. The third-order valence-corrected chi connectivity index (χ3v) is 4.07. The average molecular weight is 349 g/mol. The van der Waals surface area contributed by atoms with E-state index < -0.39 is 29.2 Å². The predicted octanol–water partition coefficient (Wildman–Crippen LogP) is 3.07. The summed E-state index contributed by atoms with van der Waals surface area (Å²) in [5.41, 5.74) is -1.28. The maximum Gasteiger partial charge on any atom is 0.416 e. The third kappa shape index (κ3) is 3.07. The molecule has 8 heteroatoms. The molecular formula is C17H14F3N3O2. The standard InChI is InChI=1S/C17H14F3N3O2/c1-16(13-4-2-3-9-21-13)14(24)23(15(25)22-16)10-11-5-7-12(8-6-11)17(18,19)20/h2-9H,10H2,1H3,(H,22,25). The number of aromatic nitrogens is 1. The molecule has 1 aromatic heterocycles. The van der Waals surface area contributed by atoms with Crippen LogP contribution < -0.4 is 5.32 Å². The van der Waals surface area contributed by atoms with Gasteiger partial charge >= 0.3 is 12.2 Å². The van der Waals surface area contributed by atoms with Crippen molar-refractivity contribution in [3.63, 3.8) is 0 Å². The highest BCUT2D eigenvalue weighted by Crippen LogP contribution is 2.31. The van der Waals surface area contributed by atoms with Gasteiger partial charge in [0.2, 0.25) is 0 Å². The molecule has 0 saturated carbocycles. The van der Waals surface area contributed by atoms with E-state index in [1.54, 1.807) is 25.1 Å². The molecule has 1 atom stereocenters. The molecule has 25 heavy (non-hydrogen) atoms. The lowest BCUT2D eigenvalue weighted by atomic mass is 9.97. The first-order chi connectivity index (χ1) is 11.7. The van der Waals surface area contributed by atoms with Crippen LogP contribution >= 0.6 is 0 Å². The number of amides is 3. The minimum absolute atomic E-state index is 0.120. The minimum atomic E-state index is -4.43. The molecule has 1 unspecified atom stereocenters. The Bertz CT molecular complexity index is 806. The van der Waals surface area contributed by atoms with Gasteiger partial charge < -0.3 is 5.32 Å². The van der Waals surface area contributed by atoms with Crippen molar-refractivity contribution in [2.45, 2.75) is 25.2 Å². The van der Waals surface area contributed by atoms with Gasteiger partial charge in [0.25, 0.3) is 5.91 Å². The van der Waals surface area contributed by atoms with Crippen molar-refractivity contribution >= 4 is 11.9 Å². The lowest BCUT2D eigenvalue weighted by Crippen LogP contribution is -2.41. The Morgan fingerprint density at radius 2 is 1.80 bits per heavy atom. The Morgan fingerprint density at radius 1 is 1.12 bits per heavy atom. The second kappa shape index (κ2) is 5.87. The van der Waals surface area contributed by atoms with Crippen LogP contribution in [0.5, 0.6) is 0 Å². The first-order valence-corrected chi connectivity index (χ1v) is 7.43. The van der Waals surface area contributed by atoms with Crippen molar-refractivity contribution in [1.82, 2.24) is 15.2 Å². The fourth-order valence-corrected chi connectivity index (χ4v) is 2.65. The van der Waals surface area contributed by atoms with Gasteiger partial charge in [0, 0.05) is 6.20 Å². The Balaban J connectivity index is 1.82. The van der Waals surface area contributed by atoms with E-state index in [1.807, 2.05) is 0 Å². The van der Waals surface area contributed by atoms with Gasteiger partial charge in [-0.15, -0.1) is 0 Å². The molecule has 0 radical (unpaired) electrons. The number of carbonyl (C=O) groups excluding carboxylic acids is 2. The Hall–Kier alpha value is -2.90. The van der Waals surface area contributed by atoms with Gasteiger partial charge in [-0.3, -0.25) is 14.7 Å². The number of urea groups is 1. The summed E-state index contributed by atoms with van der Waals surface area (Å²) < 4.78 is 37.8. The van der Waals surface area contributed by atoms with Crippen molar-refractivity contribution in [2.75, 3.05) is 0 Å². The van der Waals surface area contributed by atoms with Crippen molar-refractivity contribution in [3.8, 4) is 0 Å². The number of carbonyl (C=O) groups is 2.